The maximum atomic E-state index is 4.29. The fraction of sp³-hybridized carbons (Fsp3) is 0.750. The minimum atomic E-state index is 0.431. The van der Waals surface area contributed by atoms with E-state index in [1.807, 2.05) is 23.1 Å². The molecule has 0 amide bonds. The summed E-state index contributed by atoms with van der Waals surface area (Å²) in [5, 5.41) is 7.99. The Bertz CT molecular complexity index is 275. The van der Waals surface area contributed by atoms with Gasteiger partial charge in [-0.25, -0.2) is 0 Å². The molecule has 1 N–H and O–H groups in total. The van der Waals surface area contributed by atoms with E-state index in [0.29, 0.717) is 12.1 Å². The second kappa shape index (κ2) is 4.79. The molecule has 2 atom stereocenters. The van der Waals surface area contributed by atoms with Crippen molar-refractivity contribution in [2.24, 2.45) is 0 Å². The zero-order valence-electron chi connectivity index (χ0n) is 9.69. The van der Waals surface area contributed by atoms with Gasteiger partial charge in [0.1, 0.15) is 0 Å². The lowest BCUT2D eigenvalue weighted by molar-refractivity contribution is 0.333. The van der Waals surface area contributed by atoms with E-state index in [1.165, 1.54) is 25.7 Å². The second-order valence-corrected chi connectivity index (χ2v) is 4.66. The van der Waals surface area contributed by atoms with Crippen LogP contribution in [0.2, 0.25) is 0 Å². The molecular formula is C12H21N3. The van der Waals surface area contributed by atoms with Gasteiger partial charge in [-0.2, -0.15) is 5.10 Å². The highest BCUT2D eigenvalue weighted by molar-refractivity contribution is 4.85. The lowest BCUT2D eigenvalue weighted by Gasteiger charge is -2.25. The standard InChI is InChI=1S/C12H21N3/c1-10(14-12-6-3-4-7-12)11(2)15-9-5-8-13-15/h5,8-12,14H,3-4,6-7H2,1-2H3. The van der Waals surface area contributed by atoms with Crippen LogP contribution in [0, 0.1) is 0 Å². The van der Waals surface area contributed by atoms with Gasteiger partial charge in [-0.3, -0.25) is 4.68 Å². The van der Waals surface area contributed by atoms with Crippen LogP contribution in [0.5, 0.6) is 0 Å². The zero-order chi connectivity index (χ0) is 10.7. The summed E-state index contributed by atoms with van der Waals surface area (Å²) in [6.07, 6.45) is 9.35. The summed E-state index contributed by atoms with van der Waals surface area (Å²) in [6.45, 7) is 4.48. The Morgan fingerprint density at radius 2 is 2.07 bits per heavy atom. The summed E-state index contributed by atoms with van der Waals surface area (Å²) in [4.78, 5) is 0. The summed E-state index contributed by atoms with van der Waals surface area (Å²) < 4.78 is 2.03. The van der Waals surface area contributed by atoms with E-state index < -0.39 is 0 Å². The van der Waals surface area contributed by atoms with Gasteiger partial charge in [-0.15, -0.1) is 0 Å². The largest absolute Gasteiger partial charge is 0.309 e. The zero-order valence-corrected chi connectivity index (χ0v) is 9.69. The number of aromatic nitrogens is 2. The van der Waals surface area contributed by atoms with Crippen molar-refractivity contribution in [1.82, 2.24) is 15.1 Å². The molecule has 3 nitrogen and oxygen atoms in total. The van der Waals surface area contributed by atoms with Gasteiger partial charge in [-0.1, -0.05) is 12.8 Å². The van der Waals surface area contributed by atoms with Crippen LogP contribution < -0.4 is 5.32 Å². The molecule has 1 heterocycles. The van der Waals surface area contributed by atoms with Gasteiger partial charge in [0.2, 0.25) is 0 Å². The van der Waals surface area contributed by atoms with Gasteiger partial charge in [0.15, 0.2) is 0 Å². The molecule has 1 fully saturated rings. The molecule has 2 rings (SSSR count). The lowest BCUT2D eigenvalue weighted by Crippen LogP contribution is -2.39. The lowest BCUT2D eigenvalue weighted by atomic mass is 10.1. The highest BCUT2D eigenvalue weighted by atomic mass is 15.3. The Morgan fingerprint density at radius 3 is 2.67 bits per heavy atom. The van der Waals surface area contributed by atoms with Gasteiger partial charge in [0, 0.05) is 24.5 Å². The van der Waals surface area contributed by atoms with Gasteiger partial charge in [0.05, 0.1) is 6.04 Å². The minimum Gasteiger partial charge on any atom is -0.309 e. The van der Waals surface area contributed by atoms with Crippen LogP contribution in [0.4, 0.5) is 0 Å². The fourth-order valence-corrected chi connectivity index (χ4v) is 2.35. The van der Waals surface area contributed by atoms with Gasteiger partial charge < -0.3 is 5.32 Å². The van der Waals surface area contributed by atoms with Crippen molar-refractivity contribution >= 4 is 0 Å². The predicted molar refractivity (Wildman–Crippen MR) is 61.8 cm³/mol. The van der Waals surface area contributed by atoms with E-state index in [0.717, 1.165) is 6.04 Å². The molecule has 0 aromatic carbocycles. The number of hydrogen-bond acceptors (Lipinski definition) is 2. The third-order valence-corrected chi connectivity index (χ3v) is 3.52. The molecule has 1 saturated carbocycles. The Kier molecular flexibility index (Phi) is 3.41. The van der Waals surface area contributed by atoms with E-state index in [1.54, 1.807) is 0 Å². The molecule has 0 spiro atoms. The minimum absolute atomic E-state index is 0.431. The molecule has 3 heteroatoms. The first-order chi connectivity index (χ1) is 7.27. The molecular weight excluding hydrogens is 186 g/mol. The topological polar surface area (TPSA) is 29.9 Å². The SMILES string of the molecule is CC(NC1CCCC1)C(C)n1cccn1. The van der Waals surface area contributed by atoms with Gasteiger partial charge in [0.25, 0.3) is 0 Å². The van der Waals surface area contributed by atoms with Crippen LogP contribution in [0.1, 0.15) is 45.6 Å². The van der Waals surface area contributed by atoms with Crippen molar-refractivity contribution in [3.63, 3.8) is 0 Å². The van der Waals surface area contributed by atoms with Crippen LogP contribution in [-0.2, 0) is 0 Å². The predicted octanol–water partition coefficient (Wildman–Crippen LogP) is 2.36. The van der Waals surface area contributed by atoms with Crippen molar-refractivity contribution in [3.8, 4) is 0 Å². The fourth-order valence-electron chi connectivity index (χ4n) is 2.35. The third-order valence-electron chi connectivity index (χ3n) is 3.52. The number of nitrogens with zero attached hydrogens (tertiary/aromatic N) is 2. The van der Waals surface area contributed by atoms with Crippen LogP contribution in [0.3, 0.4) is 0 Å². The number of hydrogen-bond donors (Lipinski definition) is 1. The van der Waals surface area contributed by atoms with E-state index in [9.17, 15) is 0 Å². The first-order valence-electron chi connectivity index (χ1n) is 6.02. The average Bonchev–Trinajstić information content (AvgIpc) is 2.88. The molecule has 1 aromatic rings. The van der Waals surface area contributed by atoms with Gasteiger partial charge >= 0.3 is 0 Å². The first-order valence-corrected chi connectivity index (χ1v) is 6.02. The molecule has 0 aliphatic heterocycles. The van der Waals surface area contributed by atoms with Crippen LogP contribution in [0.25, 0.3) is 0 Å². The first kappa shape index (κ1) is 10.7. The number of nitrogens with one attached hydrogen (secondary N) is 1. The van der Waals surface area contributed by atoms with E-state index in [4.69, 9.17) is 0 Å². The molecule has 0 saturated heterocycles. The molecule has 1 aromatic heterocycles. The number of rotatable bonds is 4. The summed E-state index contributed by atoms with van der Waals surface area (Å²) in [5.41, 5.74) is 0. The van der Waals surface area contributed by atoms with Crippen molar-refractivity contribution in [3.05, 3.63) is 18.5 Å². The Morgan fingerprint density at radius 1 is 1.33 bits per heavy atom. The average molecular weight is 207 g/mol. The summed E-state index contributed by atoms with van der Waals surface area (Å²) in [5.74, 6) is 0. The van der Waals surface area contributed by atoms with Crippen LogP contribution in [-0.4, -0.2) is 21.9 Å². The second-order valence-electron chi connectivity index (χ2n) is 4.66. The van der Waals surface area contributed by atoms with Gasteiger partial charge in [-0.05, 0) is 32.8 Å². The molecule has 0 bridgehead atoms. The highest BCUT2D eigenvalue weighted by Gasteiger charge is 2.20. The van der Waals surface area contributed by atoms with Crippen LogP contribution >= 0.6 is 0 Å². The van der Waals surface area contributed by atoms with Crippen LogP contribution in [0.15, 0.2) is 18.5 Å². The monoisotopic (exact) mass is 207 g/mol. The maximum absolute atomic E-state index is 4.29. The smallest absolute Gasteiger partial charge is 0.0641 e. The molecule has 84 valence electrons. The Hall–Kier alpha value is -0.830. The van der Waals surface area contributed by atoms with Crippen molar-refractivity contribution < 1.29 is 0 Å². The van der Waals surface area contributed by atoms with Crippen molar-refractivity contribution in [1.29, 1.82) is 0 Å². The van der Waals surface area contributed by atoms with Crippen molar-refractivity contribution in [2.45, 2.75) is 57.7 Å². The Balaban J connectivity index is 1.87. The normalized spacial score (nSPS) is 21.7. The van der Waals surface area contributed by atoms with Crippen molar-refractivity contribution in [2.75, 3.05) is 0 Å². The molecule has 1 aliphatic carbocycles. The molecule has 0 radical (unpaired) electrons. The van der Waals surface area contributed by atoms with E-state index in [-0.39, 0.29) is 0 Å². The van der Waals surface area contributed by atoms with E-state index in [2.05, 4.69) is 24.3 Å². The Labute approximate surface area is 91.9 Å². The summed E-state index contributed by atoms with van der Waals surface area (Å²) in [6, 6.07) is 3.64. The highest BCUT2D eigenvalue weighted by Crippen LogP contribution is 2.20. The maximum Gasteiger partial charge on any atom is 0.0641 e. The summed E-state index contributed by atoms with van der Waals surface area (Å²) >= 11 is 0. The summed E-state index contributed by atoms with van der Waals surface area (Å²) in [7, 11) is 0. The van der Waals surface area contributed by atoms with E-state index >= 15 is 0 Å². The molecule has 15 heavy (non-hydrogen) atoms. The quantitative estimate of drug-likeness (QED) is 0.821. The third kappa shape index (κ3) is 2.59. The molecule has 2 unspecified atom stereocenters. The molecule has 1 aliphatic rings.